The maximum Gasteiger partial charge on any atom is 0.0943 e. The lowest BCUT2D eigenvalue weighted by molar-refractivity contribution is 0.399. The van der Waals surface area contributed by atoms with Crippen molar-refractivity contribution in [3.63, 3.8) is 0 Å². The van der Waals surface area contributed by atoms with Crippen molar-refractivity contribution in [1.29, 1.82) is 0 Å². The molecule has 1 unspecified atom stereocenters. The molecule has 1 atom stereocenters. The maximum atomic E-state index is 4.51. The third kappa shape index (κ3) is 3.54. The molecule has 0 aromatic carbocycles. The Morgan fingerprint density at radius 1 is 1.56 bits per heavy atom. The molecule has 0 bridgehead atoms. The van der Waals surface area contributed by atoms with E-state index in [1.807, 2.05) is 24.6 Å². The second-order valence-electron chi connectivity index (χ2n) is 4.42. The zero-order valence-electron chi connectivity index (χ0n) is 9.96. The molecular formula is C12H21N3S. The van der Waals surface area contributed by atoms with Crippen LogP contribution in [0.3, 0.4) is 0 Å². The van der Waals surface area contributed by atoms with Gasteiger partial charge in [0.2, 0.25) is 0 Å². The fourth-order valence-corrected chi connectivity index (χ4v) is 3.12. The summed E-state index contributed by atoms with van der Waals surface area (Å²) in [7, 11) is 1.99. The Kier molecular flexibility index (Phi) is 4.75. The Bertz CT molecular complexity index is 305. The molecule has 1 aromatic rings. The summed E-state index contributed by atoms with van der Waals surface area (Å²) in [6, 6.07) is 0.664. The van der Waals surface area contributed by atoms with E-state index in [9.17, 15) is 0 Å². The largest absolute Gasteiger partial charge is 0.319 e. The van der Waals surface area contributed by atoms with Gasteiger partial charge in [-0.05, 0) is 39.4 Å². The quantitative estimate of drug-likeness (QED) is 0.819. The summed E-state index contributed by atoms with van der Waals surface area (Å²) in [5, 5.41) is 8.04. The first-order chi connectivity index (χ1) is 7.88. The van der Waals surface area contributed by atoms with Gasteiger partial charge < -0.3 is 10.6 Å². The smallest absolute Gasteiger partial charge is 0.0943 e. The van der Waals surface area contributed by atoms with E-state index < -0.39 is 0 Å². The maximum absolute atomic E-state index is 4.51. The van der Waals surface area contributed by atoms with Gasteiger partial charge >= 0.3 is 0 Å². The number of thiazole rings is 1. The highest BCUT2D eigenvalue weighted by atomic mass is 32.1. The van der Waals surface area contributed by atoms with Crippen molar-refractivity contribution < 1.29 is 0 Å². The summed E-state index contributed by atoms with van der Waals surface area (Å²) in [4.78, 5) is 5.92. The molecule has 1 aromatic heterocycles. The Balaban J connectivity index is 1.81. The van der Waals surface area contributed by atoms with E-state index in [-0.39, 0.29) is 0 Å². The van der Waals surface area contributed by atoms with Crippen LogP contribution in [-0.2, 0) is 12.8 Å². The molecule has 1 aliphatic heterocycles. The van der Waals surface area contributed by atoms with Gasteiger partial charge in [-0.15, -0.1) is 11.3 Å². The number of hydrogen-bond donors (Lipinski definition) is 2. The zero-order chi connectivity index (χ0) is 11.2. The molecule has 0 spiro atoms. The highest BCUT2D eigenvalue weighted by molar-refractivity contribution is 7.11. The van der Waals surface area contributed by atoms with Crippen molar-refractivity contribution in [3.8, 4) is 0 Å². The molecule has 4 heteroatoms. The van der Waals surface area contributed by atoms with Crippen molar-refractivity contribution in [2.24, 2.45) is 0 Å². The Hall–Kier alpha value is -0.450. The molecule has 0 amide bonds. The Labute approximate surface area is 102 Å². The van der Waals surface area contributed by atoms with Crippen LogP contribution in [0.5, 0.6) is 0 Å². The van der Waals surface area contributed by atoms with E-state index in [1.165, 1.54) is 35.7 Å². The van der Waals surface area contributed by atoms with Crippen LogP contribution in [0, 0.1) is 0 Å². The molecule has 2 rings (SSSR count). The lowest BCUT2D eigenvalue weighted by Crippen LogP contribution is -2.35. The summed E-state index contributed by atoms with van der Waals surface area (Å²) in [6.07, 6.45) is 8.28. The lowest BCUT2D eigenvalue weighted by atomic mass is 10.0. The number of rotatable bonds is 5. The molecule has 0 aliphatic carbocycles. The standard InChI is InChI=1S/C12H21N3S/c1-13-7-5-11-9-15-12(16-11)8-10-4-2-3-6-14-10/h9-10,13-14H,2-8H2,1H3. The van der Waals surface area contributed by atoms with E-state index in [2.05, 4.69) is 15.6 Å². The highest BCUT2D eigenvalue weighted by Crippen LogP contribution is 2.18. The van der Waals surface area contributed by atoms with Gasteiger partial charge in [0.15, 0.2) is 0 Å². The van der Waals surface area contributed by atoms with Gasteiger partial charge in [-0.1, -0.05) is 6.42 Å². The first-order valence-corrected chi connectivity index (χ1v) is 7.01. The molecule has 2 heterocycles. The minimum absolute atomic E-state index is 0.664. The predicted molar refractivity (Wildman–Crippen MR) is 69.1 cm³/mol. The topological polar surface area (TPSA) is 37.0 Å². The van der Waals surface area contributed by atoms with E-state index in [0.29, 0.717) is 6.04 Å². The van der Waals surface area contributed by atoms with E-state index in [1.54, 1.807) is 0 Å². The van der Waals surface area contributed by atoms with Crippen LogP contribution in [0.4, 0.5) is 0 Å². The number of hydrogen-bond acceptors (Lipinski definition) is 4. The second-order valence-corrected chi connectivity index (χ2v) is 5.62. The highest BCUT2D eigenvalue weighted by Gasteiger charge is 2.14. The van der Waals surface area contributed by atoms with E-state index >= 15 is 0 Å². The minimum Gasteiger partial charge on any atom is -0.319 e. The van der Waals surface area contributed by atoms with Gasteiger partial charge in [-0.3, -0.25) is 0 Å². The fourth-order valence-electron chi connectivity index (χ4n) is 2.12. The predicted octanol–water partition coefficient (Wildman–Crippen LogP) is 1.59. The van der Waals surface area contributed by atoms with Crippen molar-refractivity contribution in [3.05, 3.63) is 16.1 Å². The van der Waals surface area contributed by atoms with Crippen molar-refractivity contribution in [2.75, 3.05) is 20.1 Å². The van der Waals surface area contributed by atoms with E-state index in [4.69, 9.17) is 0 Å². The van der Waals surface area contributed by atoms with Crippen LogP contribution in [-0.4, -0.2) is 31.2 Å². The fraction of sp³-hybridized carbons (Fsp3) is 0.750. The van der Waals surface area contributed by atoms with Crippen molar-refractivity contribution in [1.82, 2.24) is 15.6 Å². The molecule has 2 N–H and O–H groups in total. The summed E-state index contributed by atoms with van der Waals surface area (Å²) in [5.74, 6) is 0. The monoisotopic (exact) mass is 239 g/mol. The van der Waals surface area contributed by atoms with Gasteiger partial charge in [0, 0.05) is 23.5 Å². The van der Waals surface area contributed by atoms with Gasteiger partial charge in [-0.25, -0.2) is 4.98 Å². The molecule has 1 fully saturated rings. The molecule has 90 valence electrons. The summed E-state index contributed by atoms with van der Waals surface area (Å²) >= 11 is 1.88. The van der Waals surface area contributed by atoms with Gasteiger partial charge in [0.25, 0.3) is 0 Å². The first kappa shape index (κ1) is 12.0. The zero-order valence-corrected chi connectivity index (χ0v) is 10.8. The molecule has 1 saturated heterocycles. The van der Waals surface area contributed by atoms with Gasteiger partial charge in [0.1, 0.15) is 0 Å². The average Bonchev–Trinajstić information content (AvgIpc) is 2.75. The van der Waals surface area contributed by atoms with Crippen LogP contribution in [0.15, 0.2) is 6.20 Å². The molecule has 16 heavy (non-hydrogen) atoms. The van der Waals surface area contributed by atoms with E-state index in [0.717, 1.165) is 19.4 Å². The second kappa shape index (κ2) is 6.33. The normalized spacial score (nSPS) is 21.2. The molecular weight excluding hydrogens is 218 g/mol. The van der Waals surface area contributed by atoms with Crippen LogP contribution in [0.25, 0.3) is 0 Å². The third-order valence-corrected chi connectivity index (χ3v) is 4.14. The third-order valence-electron chi connectivity index (χ3n) is 3.06. The van der Waals surface area contributed by atoms with Crippen LogP contribution in [0.1, 0.15) is 29.1 Å². The molecule has 0 saturated carbocycles. The first-order valence-electron chi connectivity index (χ1n) is 6.20. The lowest BCUT2D eigenvalue weighted by Gasteiger charge is -2.22. The number of aromatic nitrogens is 1. The summed E-state index contributed by atoms with van der Waals surface area (Å²) in [6.45, 7) is 2.23. The Morgan fingerprint density at radius 2 is 2.50 bits per heavy atom. The molecule has 3 nitrogen and oxygen atoms in total. The summed E-state index contributed by atoms with van der Waals surface area (Å²) < 4.78 is 0. The van der Waals surface area contributed by atoms with Crippen molar-refractivity contribution >= 4 is 11.3 Å². The van der Waals surface area contributed by atoms with Gasteiger partial charge in [0.05, 0.1) is 5.01 Å². The molecule has 0 radical (unpaired) electrons. The summed E-state index contributed by atoms with van der Waals surface area (Å²) in [5.41, 5.74) is 0. The number of nitrogens with zero attached hydrogens (tertiary/aromatic N) is 1. The minimum atomic E-state index is 0.664. The van der Waals surface area contributed by atoms with Gasteiger partial charge in [-0.2, -0.15) is 0 Å². The average molecular weight is 239 g/mol. The van der Waals surface area contributed by atoms with Crippen LogP contribution < -0.4 is 10.6 Å². The van der Waals surface area contributed by atoms with Crippen LogP contribution >= 0.6 is 11.3 Å². The number of nitrogens with one attached hydrogen (secondary N) is 2. The SMILES string of the molecule is CNCCc1cnc(CC2CCCCN2)s1. The molecule has 1 aliphatic rings. The number of piperidine rings is 1. The number of likely N-dealkylation sites (N-methyl/N-ethyl adjacent to an activating group) is 1. The van der Waals surface area contributed by atoms with Crippen molar-refractivity contribution in [2.45, 2.75) is 38.1 Å². The van der Waals surface area contributed by atoms with Crippen LogP contribution in [0.2, 0.25) is 0 Å². The Morgan fingerprint density at radius 3 is 3.25 bits per heavy atom.